The van der Waals surface area contributed by atoms with Gasteiger partial charge in [0.2, 0.25) is 5.43 Å². The number of hydrogen-bond donors (Lipinski definition) is 1. The van der Waals surface area contributed by atoms with E-state index in [4.69, 9.17) is 9.47 Å². The van der Waals surface area contributed by atoms with Crippen LogP contribution < -0.4 is 15.5 Å². The lowest BCUT2D eigenvalue weighted by atomic mass is 10.0. The molecular formula is C23H21F2N3O5. The summed E-state index contributed by atoms with van der Waals surface area (Å²) in [7, 11) is 1.28. The van der Waals surface area contributed by atoms with Crippen LogP contribution >= 0.6 is 0 Å². The Labute approximate surface area is 187 Å². The first-order valence-electron chi connectivity index (χ1n) is 10.9. The van der Waals surface area contributed by atoms with Crippen molar-refractivity contribution in [2.75, 3.05) is 7.11 Å². The Morgan fingerprint density at radius 1 is 1.24 bits per heavy atom. The number of nitrogens with one attached hydrogen (secondary N) is 1. The smallest absolute Gasteiger partial charge is 0.276 e. The van der Waals surface area contributed by atoms with E-state index in [-0.39, 0.29) is 53.7 Å². The first-order chi connectivity index (χ1) is 15.9. The Bertz CT molecular complexity index is 1260. The summed E-state index contributed by atoms with van der Waals surface area (Å²) in [6, 6.07) is 3.13. The van der Waals surface area contributed by atoms with Crippen molar-refractivity contribution in [2.24, 2.45) is 11.8 Å². The average Bonchev–Trinajstić information content (AvgIpc) is 3.53. The molecule has 2 amide bonds. The van der Waals surface area contributed by atoms with Gasteiger partial charge in [-0.25, -0.2) is 8.78 Å². The highest BCUT2D eigenvalue weighted by molar-refractivity contribution is 5.99. The van der Waals surface area contributed by atoms with Gasteiger partial charge in [0, 0.05) is 30.4 Å². The molecule has 2 saturated carbocycles. The number of benzene rings is 1. The Morgan fingerprint density at radius 3 is 2.82 bits per heavy atom. The molecule has 6 rings (SSSR count). The van der Waals surface area contributed by atoms with Gasteiger partial charge in [0.15, 0.2) is 17.7 Å². The molecule has 2 aromatic rings. The summed E-state index contributed by atoms with van der Waals surface area (Å²) in [4.78, 5) is 41.0. The first-order valence-corrected chi connectivity index (χ1v) is 10.9. The maximum atomic E-state index is 13.9. The molecule has 0 radical (unpaired) electrons. The molecule has 0 spiro atoms. The highest BCUT2D eigenvalue weighted by atomic mass is 19.1. The second-order valence-electron chi connectivity index (χ2n) is 9.03. The topological polar surface area (TPSA) is 89.9 Å². The molecule has 8 nitrogen and oxygen atoms in total. The number of fused-ring (bicyclic) bond motifs is 8. The van der Waals surface area contributed by atoms with Crippen molar-refractivity contribution < 1.29 is 27.8 Å². The lowest BCUT2D eigenvalue weighted by Crippen LogP contribution is -2.58. The molecule has 3 fully saturated rings. The third kappa shape index (κ3) is 3.00. The average molecular weight is 457 g/mol. The Balaban J connectivity index is 1.32. The van der Waals surface area contributed by atoms with Crippen molar-refractivity contribution in [3.63, 3.8) is 0 Å². The van der Waals surface area contributed by atoms with Gasteiger partial charge in [-0.05, 0) is 30.7 Å². The second-order valence-corrected chi connectivity index (χ2v) is 9.03. The van der Waals surface area contributed by atoms with E-state index in [0.29, 0.717) is 11.8 Å². The molecular weight excluding hydrogens is 436 g/mol. The summed E-state index contributed by atoms with van der Waals surface area (Å²) in [6.07, 6.45) is 2.88. The minimum absolute atomic E-state index is 0.0743. The normalized spacial score (nSPS) is 28.6. The van der Waals surface area contributed by atoms with Crippen molar-refractivity contribution in [3.05, 3.63) is 63.1 Å². The predicted molar refractivity (Wildman–Crippen MR) is 110 cm³/mol. The van der Waals surface area contributed by atoms with E-state index in [2.05, 4.69) is 5.32 Å². The van der Waals surface area contributed by atoms with Crippen LogP contribution in [0.15, 0.2) is 29.2 Å². The number of rotatable bonds is 4. The van der Waals surface area contributed by atoms with Crippen LogP contribution in [-0.2, 0) is 17.8 Å². The summed E-state index contributed by atoms with van der Waals surface area (Å²) < 4.78 is 40.0. The first kappa shape index (κ1) is 20.3. The van der Waals surface area contributed by atoms with Gasteiger partial charge in [0.25, 0.3) is 11.8 Å². The van der Waals surface area contributed by atoms with Crippen LogP contribution in [0.5, 0.6) is 5.75 Å². The van der Waals surface area contributed by atoms with Crippen molar-refractivity contribution in [1.29, 1.82) is 0 Å². The molecule has 5 atom stereocenters. The SMILES string of the molecule is COc1c2n(cc(C(=O)NCc3ccc(F)cc3F)c1=O)CC1O[C@H]3C[C@H]([C@@H]4C[C@@H]43)N1C2=O. The molecule has 172 valence electrons. The molecule has 1 unspecified atom stereocenters. The highest BCUT2D eigenvalue weighted by Gasteiger charge is 2.63. The van der Waals surface area contributed by atoms with E-state index in [1.54, 1.807) is 4.90 Å². The number of carbonyl (C=O) groups is 2. The molecule has 10 heteroatoms. The quantitative estimate of drug-likeness (QED) is 0.754. The van der Waals surface area contributed by atoms with E-state index in [1.807, 2.05) is 0 Å². The monoisotopic (exact) mass is 457 g/mol. The molecule has 1 N–H and O–H groups in total. The van der Waals surface area contributed by atoms with E-state index >= 15 is 0 Å². The standard InChI is InChI=1S/C23H21F2N3O5/c1-32-21-19-23(31)28-16-6-17(13-5-12(13)16)33-18(28)9-27(19)8-14(20(21)29)22(30)26-7-10-2-3-11(24)4-15(10)25/h2-4,8,12-13,16-18H,5-7,9H2,1H3,(H,26,30)/t12-,13+,16-,17+,18?/m1/s1. The third-order valence-corrected chi connectivity index (χ3v) is 7.27. The van der Waals surface area contributed by atoms with Gasteiger partial charge in [-0.1, -0.05) is 6.07 Å². The third-order valence-electron chi connectivity index (χ3n) is 7.27. The van der Waals surface area contributed by atoms with Gasteiger partial charge < -0.3 is 24.3 Å². The zero-order chi connectivity index (χ0) is 23.0. The number of methoxy groups -OCH3 is 1. The Hall–Kier alpha value is -3.27. The van der Waals surface area contributed by atoms with Crippen LogP contribution in [0.4, 0.5) is 8.78 Å². The summed E-state index contributed by atoms with van der Waals surface area (Å²) in [5, 5.41) is 2.48. The van der Waals surface area contributed by atoms with Gasteiger partial charge in [-0.3, -0.25) is 14.4 Å². The van der Waals surface area contributed by atoms with E-state index in [1.165, 1.54) is 23.9 Å². The van der Waals surface area contributed by atoms with E-state index in [9.17, 15) is 23.2 Å². The van der Waals surface area contributed by atoms with Crippen LogP contribution in [0.25, 0.3) is 0 Å². The number of hydrogen-bond acceptors (Lipinski definition) is 5. The fourth-order valence-electron chi connectivity index (χ4n) is 5.64. The fraction of sp³-hybridized carbons (Fsp3) is 0.435. The number of pyridine rings is 1. The van der Waals surface area contributed by atoms with Gasteiger partial charge in [-0.15, -0.1) is 0 Å². The summed E-state index contributed by atoms with van der Waals surface area (Å²) in [5.74, 6) is -1.88. The van der Waals surface area contributed by atoms with Gasteiger partial charge in [0.05, 0.1) is 19.8 Å². The Morgan fingerprint density at radius 2 is 2.06 bits per heavy atom. The van der Waals surface area contributed by atoms with Crippen molar-refractivity contribution >= 4 is 11.8 Å². The number of amides is 2. The van der Waals surface area contributed by atoms with Crippen molar-refractivity contribution in [2.45, 2.75) is 44.3 Å². The Kier molecular flexibility index (Phi) is 4.39. The van der Waals surface area contributed by atoms with Crippen LogP contribution in [0.1, 0.15) is 39.3 Å². The zero-order valence-corrected chi connectivity index (χ0v) is 17.7. The van der Waals surface area contributed by atoms with Gasteiger partial charge >= 0.3 is 0 Å². The van der Waals surface area contributed by atoms with Crippen LogP contribution in [0.2, 0.25) is 0 Å². The summed E-state index contributed by atoms with van der Waals surface area (Å²) in [5.41, 5.74) is -0.781. The van der Waals surface area contributed by atoms with Gasteiger partial charge in [-0.2, -0.15) is 0 Å². The molecule has 1 saturated heterocycles. The number of aromatic nitrogens is 1. The molecule has 2 aliphatic carbocycles. The molecule has 2 aliphatic heterocycles. The lowest BCUT2D eigenvalue weighted by molar-refractivity contribution is -0.144. The minimum Gasteiger partial charge on any atom is -0.491 e. The van der Waals surface area contributed by atoms with E-state index in [0.717, 1.165) is 25.0 Å². The van der Waals surface area contributed by atoms with Gasteiger partial charge in [0.1, 0.15) is 17.2 Å². The molecule has 2 bridgehead atoms. The summed E-state index contributed by atoms with van der Waals surface area (Å²) in [6.45, 7) is 0.0378. The largest absolute Gasteiger partial charge is 0.491 e. The lowest BCUT2D eigenvalue weighted by Gasteiger charge is -2.45. The molecule has 1 aromatic carbocycles. The van der Waals surface area contributed by atoms with Crippen molar-refractivity contribution in [3.8, 4) is 5.75 Å². The number of nitrogens with zero attached hydrogens (tertiary/aromatic N) is 2. The number of halogens is 2. The van der Waals surface area contributed by atoms with Crippen LogP contribution in [-0.4, -0.2) is 46.8 Å². The predicted octanol–water partition coefficient (Wildman–Crippen LogP) is 1.65. The molecule has 33 heavy (non-hydrogen) atoms. The molecule has 1 aromatic heterocycles. The molecule has 4 aliphatic rings. The number of ether oxygens (including phenoxy) is 2. The number of carbonyl (C=O) groups excluding carboxylic acids is 2. The highest BCUT2D eigenvalue weighted by Crippen LogP contribution is 2.58. The maximum absolute atomic E-state index is 13.9. The van der Waals surface area contributed by atoms with Crippen LogP contribution in [0.3, 0.4) is 0 Å². The summed E-state index contributed by atoms with van der Waals surface area (Å²) >= 11 is 0. The minimum atomic E-state index is -0.803. The second kappa shape index (κ2) is 7.11. The van der Waals surface area contributed by atoms with Crippen LogP contribution in [0, 0.1) is 23.5 Å². The van der Waals surface area contributed by atoms with Crippen molar-refractivity contribution in [1.82, 2.24) is 14.8 Å². The zero-order valence-electron chi connectivity index (χ0n) is 17.7. The fourth-order valence-corrected chi connectivity index (χ4v) is 5.64. The molecule has 3 heterocycles. The van der Waals surface area contributed by atoms with E-state index < -0.39 is 29.2 Å². The maximum Gasteiger partial charge on any atom is 0.276 e.